The molecule has 0 saturated carbocycles. The van der Waals surface area contributed by atoms with Gasteiger partial charge < -0.3 is 4.74 Å². The molecule has 0 aliphatic heterocycles. The lowest BCUT2D eigenvalue weighted by molar-refractivity contribution is -0.134. The van der Waals surface area contributed by atoms with E-state index in [1.165, 1.54) is 6.92 Å². The topological polar surface area (TPSA) is 43.4 Å². The van der Waals surface area contributed by atoms with Crippen molar-refractivity contribution < 1.29 is 14.3 Å². The quantitative estimate of drug-likeness (QED) is 0.419. The van der Waals surface area contributed by atoms with Gasteiger partial charge in [-0.15, -0.1) is 0 Å². The van der Waals surface area contributed by atoms with Crippen LogP contribution in [0.3, 0.4) is 0 Å². The highest BCUT2D eigenvalue weighted by Gasteiger charge is 2.09. The molecule has 0 fully saturated rings. The minimum Gasteiger partial charge on any atom is -0.426 e. The number of ether oxygens (including phenoxy) is 1. The summed E-state index contributed by atoms with van der Waals surface area (Å²) in [6.07, 6.45) is 0.298. The van der Waals surface area contributed by atoms with Crippen LogP contribution in [0, 0.1) is 0 Å². The van der Waals surface area contributed by atoms with Gasteiger partial charge in [0, 0.05) is 6.42 Å². The van der Waals surface area contributed by atoms with Gasteiger partial charge in [-0.3, -0.25) is 9.59 Å². The van der Waals surface area contributed by atoms with Gasteiger partial charge in [-0.05, 0) is 19.1 Å². The number of esters is 1. The van der Waals surface area contributed by atoms with E-state index in [-0.39, 0.29) is 11.8 Å². The summed E-state index contributed by atoms with van der Waals surface area (Å²) < 4.78 is 5.00. The third-order valence-electron chi connectivity index (χ3n) is 1.78. The molecule has 1 rings (SSSR count). The molecule has 0 amide bonds. The SMILES string of the molecule is CCC(=O)Oc1ccccc1C(C)=O. The second kappa shape index (κ2) is 4.56. The Balaban J connectivity index is 2.95. The fraction of sp³-hybridized carbons (Fsp3) is 0.273. The minimum absolute atomic E-state index is 0.107. The third kappa shape index (κ3) is 2.42. The summed E-state index contributed by atoms with van der Waals surface area (Å²) in [5, 5.41) is 0. The maximum atomic E-state index is 11.1. The first-order valence-electron chi connectivity index (χ1n) is 4.45. The number of hydrogen-bond acceptors (Lipinski definition) is 3. The zero-order chi connectivity index (χ0) is 10.6. The lowest BCUT2D eigenvalue weighted by atomic mass is 10.1. The van der Waals surface area contributed by atoms with E-state index < -0.39 is 0 Å². The van der Waals surface area contributed by atoms with Crippen LogP contribution < -0.4 is 4.74 Å². The summed E-state index contributed by atoms with van der Waals surface area (Å²) in [6, 6.07) is 6.72. The largest absolute Gasteiger partial charge is 0.426 e. The lowest BCUT2D eigenvalue weighted by Crippen LogP contribution is -2.08. The molecule has 0 radical (unpaired) electrons. The first-order valence-corrected chi connectivity index (χ1v) is 4.45. The molecule has 0 aliphatic rings. The van der Waals surface area contributed by atoms with Crippen molar-refractivity contribution in [2.24, 2.45) is 0 Å². The van der Waals surface area contributed by atoms with E-state index in [0.29, 0.717) is 17.7 Å². The molecule has 0 aromatic heterocycles. The number of Topliss-reactive ketones (excluding diaryl/α,β-unsaturated/α-hetero) is 1. The molecule has 0 unspecified atom stereocenters. The normalized spacial score (nSPS) is 9.57. The van der Waals surface area contributed by atoms with E-state index in [1.54, 1.807) is 31.2 Å². The number of hydrogen-bond donors (Lipinski definition) is 0. The number of ketones is 1. The van der Waals surface area contributed by atoms with Crippen LogP contribution in [0.25, 0.3) is 0 Å². The smallest absolute Gasteiger partial charge is 0.310 e. The Bertz CT molecular complexity index is 355. The van der Waals surface area contributed by atoms with E-state index in [2.05, 4.69) is 0 Å². The Hall–Kier alpha value is -1.64. The van der Waals surface area contributed by atoms with Crippen LogP contribution >= 0.6 is 0 Å². The molecule has 3 nitrogen and oxygen atoms in total. The van der Waals surface area contributed by atoms with Crippen LogP contribution in [0.2, 0.25) is 0 Å². The van der Waals surface area contributed by atoms with Crippen molar-refractivity contribution in [3.05, 3.63) is 29.8 Å². The molecule has 0 atom stereocenters. The van der Waals surface area contributed by atoms with Crippen LogP contribution in [-0.4, -0.2) is 11.8 Å². The van der Waals surface area contributed by atoms with Crippen LogP contribution in [0.1, 0.15) is 30.6 Å². The number of benzene rings is 1. The molecule has 14 heavy (non-hydrogen) atoms. The van der Waals surface area contributed by atoms with Crippen LogP contribution in [0.4, 0.5) is 0 Å². The Morgan fingerprint density at radius 3 is 2.50 bits per heavy atom. The van der Waals surface area contributed by atoms with Gasteiger partial charge in [-0.25, -0.2) is 0 Å². The monoisotopic (exact) mass is 192 g/mol. The van der Waals surface area contributed by atoms with Gasteiger partial charge in [0.15, 0.2) is 5.78 Å². The van der Waals surface area contributed by atoms with E-state index in [0.717, 1.165) is 0 Å². The Morgan fingerprint density at radius 2 is 1.93 bits per heavy atom. The third-order valence-corrected chi connectivity index (χ3v) is 1.78. The fourth-order valence-corrected chi connectivity index (χ4v) is 1.04. The van der Waals surface area contributed by atoms with Crippen molar-refractivity contribution >= 4 is 11.8 Å². The molecule has 1 aromatic carbocycles. The summed E-state index contributed by atoms with van der Waals surface area (Å²) in [4.78, 5) is 22.2. The second-order valence-electron chi connectivity index (χ2n) is 2.88. The molecule has 0 N–H and O–H groups in total. The maximum absolute atomic E-state index is 11.1. The van der Waals surface area contributed by atoms with E-state index in [9.17, 15) is 9.59 Å². The van der Waals surface area contributed by atoms with Crippen molar-refractivity contribution in [3.63, 3.8) is 0 Å². The molecular formula is C11H12O3. The first-order chi connectivity index (χ1) is 6.65. The average molecular weight is 192 g/mol. The number of para-hydroxylation sites is 1. The highest BCUT2D eigenvalue weighted by molar-refractivity contribution is 5.97. The van der Waals surface area contributed by atoms with Gasteiger partial charge in [-0.1, -0.05) is 19.1 Å². The zero-order valence-corrected chi connectivity index (χ0v) is 8.24. The van der Waals surface area contributed by atoms with Crippen molar-refractivity contribution in [2.75, 3.05) is 0 Å². The average Bonchev–Trinajstić information content (AvgIpc) is 2.18. The molecule has 0 heterocycles. The van der Waals surface area contributed by atoms with Crippen molar-refractivity contribution in [1.82, 2.24) is 0 Å². The van der Waals surface area contributed by atoms with Crippen molar-refractivity contribution in [1.29, 1.82) is 0 Å². The van der Waals surface area contributed by atoms with E-state index in [4.69, 9.17) is 4.74 Å². The first kappa shape index (κ1) is 10.4. The molecule has 74 valence electrons. The number of carbonyl (C=O) groups excluding carboxylic acids is 2. The number of rotatable bonds is 3. The predicted octanol–water partition coefficient (Wildman–Crippen LogP) is 2.20. The van der Waals surface area contributed by atoms with Crippen molar-refractivity contribution in [3.8, 4) is 5.75 Å². The lowest BCUT2D eigenvalue weighted by Gasteiger charge is -2.06. The molecule has 0 aliphatic carbocycles. The van der Waals surface area contributed by atoms with Gasteiger partial charge in [0.05, 0.1) is 5.56 Å². The Kier molecular flexibility index (Phi) is 3.40. The van der Waals surface area contributed by atoms with Gasteiger partial charge in [0.25, 0.3) is 0 Å². The maximum Gasteiger partial charge on any atom is 0.310 e. The highest BCUT2D eigenvalue weighted by Crippen LogP contribution is 2.18. The second-order valence-corrected chi connectivity index (χ2v) is 2.88. The van der Waals surface area contributed by atoms with Crippen LogP contribution in [0.15, 0.2) is 24.3 Å². The molecule has 0 saturated heterocycles. The summed E-state index contributed by atoms with van der Waals surface area (Å²) in [7, 11) is 0. The van der Waals surface area contributed by atoms with E-state index in [1.807, 2.05) is 0 Å². The minimum atomic E-state index is -0.335. The van der Waals surface area contributed by atoms with Gasteiger partial charge in [0.2, 0.25) is 0 Å². The Labute approximate surface area is 82.7 Å². The summed E-state index contributed by atoms with van der Waals surface area (Å²) in [6.45, 7) is 3.15. The van der Waals surface area contributed by atoms with Gasteiger partial charge in [0.1, 0.15) is 5.75 Å². The van der Waals surface area contributed by atoms with Gasteiger partial charge in [-0.2, -0.15) is 0 Å². The number of carbonyl (C=O) groups is 2. The standard InChI is InChI=1S/C11H12O3/c1-3-11(13)14-10-7-5-4-6-9(10)8(2)12/h4-7H,3H2,1-2H3. The van der Waals surface area contributed by atoms with Crippen LogP contribution in [0.5, 0.6) is 5.75 Å². The Morgan fingerprint density at radius 1 is 1.29 bits per heavy atom. The predicted molar refractivity (Wildman–Crippen MR) is 52.4 cm³/mol. The van der Waals surface area contributed by atoms with Gasteiger partial charge >= 0.3 is 5.97 Å². The van der Waals surface area contributed by atoms with E-state index >= 15 is 0 Å². The highest BCUT2D eigenvalue weighted by atomic mass is 16.5. The molecule has 0 bridgehead atoms. The fourth-order valence-electron chi connectivity index (χ4n) is 1.04. The summed E-state index contributed by atoms with van der Waals surface area (Å²) >= 11 is 0. The summed E-state index contributed by atoms with van der Waals surface area (Å²) in [5.41, 5.74) is 0.439. The summed E-state index contributed by atoms with van der Waals surface area (Å²) in [5.74, 6) is -0.102. The molecule has 3 heteroatoms. The zero-order valence-electron chi connectivity index (χ0n) is 8.24. The van der Waals surface area contributed by atoms with Crippen molar-refractivity contribution in [2.45, 2.75) is 20.3 Å². The molecule has 0 spiro atoms. The van der Waals surface area contributed by atoms with Crippen LogP contribution in [-0.2, 0) is 4.79 Å². The molecular weight excluding hydrogens is 180 g/mol. The molecule has 1 aromatic rings.